The molecule has 0 aromatic heterocycles. The molecule has 0 unspecified atom stereocenters. The summed E-state index contributed by atoms with van der Waals surface area (Å²) in [7, 11) is 0. The van der Waals surface area contributed by atoms with Crippen LogP contribution >= 0.6 is 0 Å². The second-order valence-corrected chi connectivity index (χ2v) is 3.86. The molecule has 0 bridgehead atoms. The van der Waals surface area contributed by atoms with E-state index in [4.69, 9.17) is 15.7 Å². The molecule has 2 rings (SSSR count). The molecule has 5 heteroatoms. The number of rotatable bonds is 3. The van der Waals surface area contributed by atoms with E-state index in [2.05, 4.69) is 0 Å². The van der Waals surface area contributed by atoms with Gasteiger partial charge < -0.3 is 10.5 Å². The van der Waals surface area contributed by atoms with E-state index in [9.17, 15) is 8.78 Å². The molecule has 3 nitrogen and oxygen atoms in total. The van der Waals surface area contributed by atoms with Gasteiger partial charge in [0.1, 0.15) is 12.4 Å². The van der Waals surface area contributed by atoms with Crippen molar-refractivity contribution >= 4 is 5.69 Å². The summed E-state index contributed by atoms with van der Waals surface area (Å²) in [5.74, 6) is -1.25. The summed E-state index contributed by atoms with van der Waals surface area (Å²) in [6, 6.07) is 9.92. The highest BCUT2D eigenvalue weighted by Crippen LogP contribution is 2.26. The third-order valence-electron chi connectivity index (χ3n) is 2.54. The van der Waals surface area contributed by atoms with E-state index in [1.807, 2.05) is 6.07 Å². The van der Waals surface area contributed by atoms with Crippen LogP contribution in [0.2, 0.25) is 0 Å². The molecule has 0 radical (unpaired) electrons. The molecule has 2 aromatic carbocycles. The summed E-state index contributed by atoms with van der Waals surface area (Å²) in [4.78, 5) is 0. The van der Waals surface area contributed by atoms with Gasteiger partial charge in [-0.25, -0.2) is 8.78 Å². The molecule has 19 heavy (non-hydrogen) atoms. The normalized spacial score (nSPS) is 9.95. The highest BCUT2D eigenvalue weighted by atomic mass is 19.1. The van der Waals surface area contributed by atoms with Gasteiger partial charge in [0, 0.05) is 5.56 Å². The maximum absolute atomic E-state index is 13.5. The minimum absolute atomic E-state index is 0.121. The van der Waals surface area contributed by atoms with Gasteiger partial charge in [-0.05, 0) is 30.3 Å². The van der Waals surface area contributed by atoms with Crippen LogP contribution in [-0.4, -0.2) is 0 Å². The van der Waals surface area contributed by atoms with E-state index in [1.54, 1.807) is 0 Å². The first-order valence-electron chi connectivity index (χ1n) is 5.47. The minimum atomic E-state index is -0.614. The molecule has 2 aromatic rings. The Labute approximate surface area is 108 Å². The summed E-state index contributed by atoms with van der Waals surface area (Å²) in [5.41, 5.74) is 6.18. The lowest BCUT2D eigenvalue weighted by molar-refractivity contribution is 0.286. The van der Waals surface area contributed by atoms with E-state index in [1.165, 1.54) is 36.4 Å². The van der Waals surface area contributed by atoms with Crippen molar-refractivity contribution in [3.63, 3.8) is 0 Å². The van der Waals surface area contributed by atoms with E-state index < -0.39 is 11.6 Å². The van der Waals surface area contributed by atoms with Gasteiger partial charge >= 0.3 is 0 Å². The van der Waals surface area contributed by atoms with Crippen LogP contribution in [0.25, 0.3) is 0 Å². The summed E-state index contributed by atoms with van der Waals surface area (Å²) in [6.45, 7) is -0.202. The average molecular weight is 260 g/mol. The maximum Gasteiger partial charge on any atom is 0.178 e. The van der Waals surface area contributed by atoms with Crippen LogP contribution in [0.15, 0.2) is 36.4 Å². The van der Waals surface area contributed by atoms with Gasteiger partial charge in [0.15, 0.2) is 11.6 Å². The molecular weight excluding hydrogens is 250 g/mol. The molecule has 0 amide bonds. The van der Waals surface area contributed by atoms with Crippen molar-refractivity contribution < 1.29 is 13.5 Å². The number of nitrogens with zero attached hydrogens (tertiary/aromatic N) is 1. The molecule has 96 valence electrons. The quantitative estimate of drug-likeness (QED) is 0.863. The lowest BCUT2D eigenvalue weighted by Crippen LogP contribution is -2.03. The Morgan fingerprint density at radius 1 is 1.16 bits per heavy atom. The second kappa shape index (κ2) is 5.36. The number of hydrogen-bond acceptors (Lipinski definition) is 3. The van der Waals surface area contributed by atoms with Gasteiger partial charge in [-0.2, -0.15) is 5.26 Å². The molecule has 0 atom stereocenters. The Morgan fingerprint density at radius 2 is 1.95 bits per heavy atom. The lowest BCUT2D eigenvalue weighted by Gasteiger charge is -2.10. The Morgan fingerprint density at radius 3 is 2.63 bits per heavy atom. The summed E-state index contributed by atoms with van der Waals surface area (Å²) < 4.78 is 32.1. The van der Waals surface area contributed by atoms with Crippen LogP contribution in [0.1, 0.15) is 11.1 Å². The third-order valence-corrected chi connectivity index (χ3v) is 2.54. The van der Waals surface area contributed by atoms with Crippen molar-refractivity contribution in [3.05, 3.63) is 59.2 Å². The zero-order valence-corrected chi connectivity index (χ0v) is 9.86. The topological polar surface area (TPSA) is 59.0 Å². The summed E-state index contributed by atoms with van der Waals surface area (Å²) in [5, 5.41) is 8.73. The molecular formula is C14H10F2N2O. The van der Waals surface area contributed by atoms with Gasteiger partial charge in [-0.15, -0.1) is 0 Å². The van der Waals surface area contributed by atoms with Crippen molar-refractivity contribution in [2.24, 2.45) is 0 Å². The standard InChI is InChI=1S/C14H10F2N2O/c15-11-5-4-9(7-17)6-10(11)8-19-14-12(16)2-1-3-13(14)18/h1-6H,8,18H2. The van der Waals surface area contributed by atoms with Crippen molar-refractivity contribution in [2.45, 2.75) is 6.61 Å². The number of nitrogen functional groups attached to an aromatic ring is 1. The molecule has 0 saturated carbocycles. The fourth-order valence-corrected chi connectivity index (χ4v) is 1.58. The van der Waals surface area contributed by atoms with Crippen molar-refractivity contribution in [3.8, 4) is 11.8 Å². The molecule has 0 aliphatic heterocycles. The second-order valence-electron chi connectivity index (χ2n) is 3.86. The minimum Gasteiger partial charge on any atom is -0.484 e. The molecule has 0 aliphatic rings. The van der Waals surface area contributed by atoms with Crippen LogP contribution < -0.4 is 10.5 Å². The highest BCUT2D eigenvalue weighted by molar-refractivity contribution is 5.52. The summed E-state index contributed by atoms with van der Waals surface area (Å²) >= 11 is 0. The van der Waals surface area contributed by atoms with E-state index in [-0.39, 0.29) is 23.6 Å². The number of ether oxygens (including phenoxy) is 1. The van der Waals surface area contributed by atoms with Gasteiger partial charge in [0.25, 0.3) is 0 Å². The average Bonchev–Trinajstić information content (AvgIpc) is 2.40. The predicted octanol–water partition coefficient (Wildman–Crippen LogP) is 3.00. The number of halogens is 2. The number of nitriles is 1. The zero-order valence-electron chi connectivity index (χ0n) is 9.86. The van der Waals surface area contributed by atoms with Gasteiger partial charge in [-0.3, -0.25) is 0 Å². The number of nitrogens with two attached hydrogens (primary N) is 1. The first kappa shape index (κ1) is 12.8. The van der Waals surface area contributed by atoms with Gasteiger partial charge in [0.2, 0.25) is 0 Å². The van der Waals surface area contributed by atoms with E-state index in [0.717, 1.165) is 0 Å². The van der Waals surface area contributed by atoms with E-state index >= 15 is 0 Å². The van der Waals surface area contributed by atoms with Crippen LogP contribution in [0.5, 0.6) is 5.75 Å². The van der Waals surface area contributed by atoms with Crippen LogP contribution in [0.3, 0.4) is 0 Å². The van der Waals surface area contributed by atoms with Crippen LogP contribution in [0.4, 0.5) is 14.5 Å². The molecule has 2 N–H and O–H groups in total. The maximum atomic E-state index is 13.5. The zero-order chi connectivity index (χ0) is 13.8. The molecule has 0 fully saturated rings. The fourth-order valence-electron chi connectivity index (χ4n) is 1.58. The molecule has 0 heterocycles. The summed E-state index contributed by atoms with van der Waals surface area (Å²) in [6.07, 6.45) is 0. The Bertz CT molecular complexity index is 630. The molecule has 0 spiro atoms. The van der Waals surface area contributed by atoms with Crippen LogP contribution in [-0.2, 0) is 6.61 Å². The van der Waals surface area contributed by atoms with Crippen molar-refractivity contribution in [1.82, 2.24) is 0 Å². The van der Waals surface area contributed by atoms with Gasteiger partial charge in [0.05, 0.1) is 17.3 Å². The fraction of sp³-hybridized carbons (Fsp3) is 0.0714. The van der Waals surface area contributed by atoms with Crippen molar-refractivity contribution in [1.29, 1.82) is 5.26 Å². The molecule has 0 aliphatic carbocycles. The Hall–Kier alpha value is -2.61. The third kappa shape index (κ3) is 2.80. The number of benzene rings is 2. The van der Waals surface area contributed by atoms with E-state index in [0.29, 0.717) is 5.56 Å². The number of anilines is 1. The number of para-hydroxylation sites is 1. The van der Waals surface area contributed by atoms with Crippen LogP contribution in [0, 0.1) is 23.0 Å². The monoisotopic (exact) mass is 260 g/mol. The SMILES string of the molecule is N#Cc1ccc(F)c(COc2c(N)cccc2F)c1. The largest absolute Gasteiger partial charge is 0.484 e. The highest BCUT2D eigenvalue weighted by Gasteiger charge is 2.10. The smallest absolute Gasteiger partial charge is 0.178 e. The Balaban J connectivity index is 2.22. The lowest BCUT2D eigenvalue weighted by atomic mass is 10.1. The first-order valence-corrected chi connectivity index (χ1v) is 5.47. The predicted molar refractivity (Wildman–Crippen MR) is 66.3 cm³/mol. The first-order chi connectivity index (χ1) is 9.11. The Kier molecular flexibility index (Phi) is 3.62. The van der Waals surface area contributed by atoms with Crippen molar-refractivity contribution in [2.75, 3.05) is 5.73 Å². The molecule has 0 saturated heterocycles. The van der Waals surface area contributed by atoms with Gasteiger partial charge in [-0.1, -0.05) is 6.07 Å². The number of hydrogen-bond donors (Lipinski definition) is 1.